The molecule has 0 bridgehead atoms. The van der Waals surface area contributed by atoms with Crippen molar-refractivity contribution in [3.05, 3.63) is 33.7 Å². The molecule has 1 aliphatic heterocycles. The Kier molecular flexibility index (Phi) is 6.31. The fraction of sp³-hybridized carbons (Fsp3) is 0.400. The SMILES string of the molecule is Cc1c(CN=C(N)N2CCOCC2)sc2ccc(Cl)cc12.I. The lowest BCUT2D eigenvalue weighted by Crippen LogP contribution is -2.44. The minimum atomic E-state index is 0. The van der Waals surface area contributed by atoms with Gasteiger partial charge in [0, 0.05) is 27.7 Å². The number of guanidine groups is 1. The van der Waals surface area contributed by atoms with E-state index in [-0.39, 0.29) is 24.0 Å². The van der Waals surface area contributed by atoms with Crippen molar-refractivity contribution in [2.75, 3.05) is 26.3 Å². The number of fused-ring (bicyclic) bond motifs is 1. The highest BCUT2D eigenvalue weighted by Gasteiger charge is 2.13. The van der Waals surface area contributed by atoms with E-state index in [1.807, 2.05) is 12.1 Å². The average Bonchev–Trinajstić information content (AvgIpc) is 2.82. The smallest absolute Gasteiger partial charge is 0.191 e. The predicted octanol–water partition coefficient (Wildman–Crippen LogP) is 3.63. The van der Waals surface area contributed by atoms with Crippen molar-refractivity contribution < 1.29 is 4.74 Å². The molecule has 4 nitrogen and oxygen atoms in total. The van der Waals surface area contributed by atoms with Crippen LogP contribution in [0.15, 0.2) is 23.2 Å². The molecule has 2 heterocycles. The molecule has 1 aromatic carbocycles. The van der Waals surface area contributed by atoms with Gasteiger partial charge in [0.2, 0.25) is 0 Å². The first kappa shape index (κ1) is 17.8. The van der Waals surface area contributed by atoms with E-state index in [4.69, 9.17) is 22.1 Å². The summed E-state index contributed by atoms with van der Waals surface area (Å²) in [7, 11) is 0. The van der Waals surface area contributed by atoms with Gasteiger partial charge in [0.1, 0.15) is 0 Å². The minimum Gasteiger partial charge on any atom is -0.378 e. The van der Waals surface area contributed by atoms with E-state index < -0.39 is 0 Å². The van der Waals surface area contributed by atoms with Crippen LogP contribution in [0.25, 0.3) is 10.1 Å². The molecular formula is C15H19ClIN3OS. The van der Waals surface area contributed by atoms with Crippen LogP contribution in [0.3, 0.4) is 0 Å². The second kappa shape index (κ2) is 7.81. The molecule has 0 saturated carbocycles. The molecule has 2 aromatic rings. The predicted molar refractivity (Wildman–Crippen MR) is 105 cm³/mol. The summed E-state index contributed by atoms with van der Waals surface area (Å²) in [6, 6.07) is 6.00. The van der Waals surface area contributed by atoms with E-state index >= 15 is 0 Å². The number of morpholine rings is 1. The molecule has 0 spiro atoms. The number of hydrogen-bond acceptors (Lipinski definition) is 3. The Morgan fingerprint density at radius 2 is 2.14 bits per heavy atom. The molecule has 0 amide bonds. The highest BCUT2D eigenvalue weighted by molar-refractivity contribution is 14.0. The standard InChI is InChI=1S/C15H18ClN3OS.HI/c1-10-12-8-11(16)2-3-13(12)21-14(10)9-18-15(17)19-4-6-20-7-5-19;/h2-3,8H,4-7,9H2,1H3,(H2,17,18);1H. The zero-order chi connectivity index (χ0) is 14.8. The van der Waals surface area contributed by atoms with Gasteiger partial charge < -0.3 is 15.4 Å². The number of thiophene rings is 1. The molecule has 22 heavy (non-hydrogen) atoms. The van der Waals surface area contributed by atoms with Crippen LogP contribution in [-0.4, -0.2) is 37.2 Å². The van der Waals surface area contributed by atoms with E-state index in [2.05, 4.69) is 22.9 Å². The monoisotopic (exact) mass is 451 g/mol. The second-order valence-electron chi connectivity index (χ2n) is 5.06. The molecule has 0 atom stereocenters. The van der Waals surface area contributed by atoms with Crippen LogP contribution in [0.2, 0.25) is 5.02 Å². The van der Waals surface area contributed by atoms with Crippen LogP contribution in [0, 0.1) is 6.92 Å². The van der Waals surface area contributed by atoms with Gasteiger partial charge in [-0.15, -0.1) is 35.3 Å². The normalized spacial score (nSPS) is 15.9. The summed E-state index contributed by atoms with van der Waals surface area (Å²) in [5, 5.41) is 1.98. The molecular weight excluding hydrogens is 433 g/mol. The molecule has 1 aromatic heterocycles. The summed E-state index contributed by atoms with van der Waals surface area (Å²) >= 11 is 7.82. The minimum absolute atomic E-state index is 0. The fourth-order valence-corrected chi connectivity index (χ4v) is 3.73. The van der Waals surface area contributed by atoms with Crippen molar-refractivity contribution in [3.63, 3.8) is 0 Å². The van der Waals surface area contributed by atoms with Gasteiger partial charge in [-0.25, -0.2) is 4.99 Å². The molecule has 3 rings (SSSR count). The molecule has 0 radical (unpaired) electrons. The third-order valence-electron chi connectivity index (χ3n) is 3.72. The molecule has 7 heteroatoms. The van der Waals surface area contributed by atoms with Crippen molar-refractivity contribution in [2.24, 2.45) is 10.7 Å². The Morgan fingerprint density at radius 1 is 1.41 bits per heavy atom. The number of aliphatic imine (C=N–C) groups is 1. The van der Waals surface area contributed by atoms with Crippen molar-refractivity contribution in [2.45, 2.75) is 13.5 Å². The van der Waals surface area contributed by atoms with Crippen molar-refractivity contribution in [3.8, 4) is 0 Å². The molecule has 1 aliphatic rings. The number of halogens is 2. The van der Waals surface area contributed by atoms with E-state index in [0.29, 0.717) is 12.5 Å². The van der Waals surface area contributed by atoms with Crippen molar-refractivity contribution in [1.82, 2.24) is 4.90 Å². The van der Waals surface area contributed by atoms with Crippen molar-refractivity contribution >= 4 is 63.0 Å². The lowest BCUT2D eigenvalue weighted by Gasteiger charge is -2.27. The largest absolute Gasteiger partial charge is 0.378 e. The number of hydrogen-bond donors (Lipinski definition) is 1. The summed E-state index contributed by atoms with van der Waals surface area (Å²) in [4.78, 5) is 7.85. The van der Waals surface area contributed by atoms with Gasteiger partial charge in [-0.3, -0.25) is 0 Å². The number of nitrogens with zero attached hydrogens (tertiary/aromatic N) is 2. The third-order valence-corrected chi connectivity index (χ3v) is 5.21. The Hall–Kier alpha value is -0.570. The van der Waals surface area contributed by atoms with Gasteiger partial charge in [0.05, 0.1) is 19.8 Å². The molecule has 0 aliphatic carbocycles. The topological polar surface area (TPSA) is 50.8 Å². The van der Waals surface area contributed by atoms with Crippen molar-refractivity contribution in [1.29, 1.82) is 0 Å². The third kappa shape index (κ3) is 3.84. The van der Waals surface area contributed by atoms with Gasteiger partial charge in [-0.05, 0) is 36.1 Å². The molecule has 2 N–H and O–H groups in total. The summed E-state index contributed by atoms with van der Waals surface area (Å²) in [6.07, 6.45) is 0. The zero-order valence-corrected chi connectivity index (χ0v) is 16.2. The van der Waals surface area contributed by atoms with Gasteiger partial charge in [-0.1, -0.05) is 11.6 Å². The van der Waals surface area contributed by atoms with Crippen LogP contribution in [0.5, 0.6) is 0 Å². The van der Waals surface area contributed by atoms with E-state index in [0.717, 1.165) is 31.3 Å². The maximum Gasteiger partial charge on any atom is 0.191 e. The van der Waals surface area contributed by atoms with Gasteiger partial charge in [0.25, 0.3) is 0 Å². The number of rotatable bonds is 2. The lowest BCUT2D eigenvalue weighted by atomic mass is 10.1. The first-order valence-electron chi connectivity index (χ1n) is 6.95. The van der Waals surface area contributed by atoms with E-state index in [9.17, 15) is 0 Å². The lowest BCUT2D eigenvalue weighted by molar-refractivity contribution is 0.0674. The maximum atomic E-state index is 6.07. The molecule has 120 valence electrons. The summed E-state index contributed by atoms with van der Waals surface area (Å²) in [5.74, 6) is 0.605. The van der Waals surface area contributed by atoms with Crippen LogP contribution < -0.4 is 5.73 Å². The Bertz CT molecular complexity index is 683. The fourth-order valence-electron chi connectivity index (χ4n) is 2.44. The zero-order valence-electron chi connectivity index (χ0n) is 12.3. The highest BCUT2D eigenvalue weighted by atomic mass is 127. The molecule has 1 fully saturated rings. The first-order valence-corrected chi connectivity index (χ1v) is 8.15. The van der Waals surface area contributed by atoms with Crippen LogP contribution in [-0.2, 0) is 11.3 Å². The average molecular weight is 452 g/mol. The van der Waals surface area contributed by atoms with E-state index in [1.165, 1.54) is 20.5 Å². The van der Waals surface area contributed by atoms with Gasteiger partial charge in [-0.2, -0.15) is 0 Å². The summed E-state index contributed by atoms with van der Waals surface area (Å²) in [5.41, 5.74) is 7.31. The number of aryl methyl sites for hydroxylation is 1. The van der Waals surface area contributed by atoms with E-state index in [1.54, 1.807) is 11.3 Å². The Balaban J connectivity index is 0.00000176. The highest BCUT2D eigenvalue weighted by Crippen LogP contribution is 2.33. The maximum absolute atomic E-state index is 6.07. The van der Waals surface area contributed by atoms with Gasteiger partial charge in [0.15, 0.2) is 5.96 Å². The second-order valence-corrected chi connectivity index (χ2v) is 6.64. The Morgan fingerprint density at radius 3 is 2.86 bits per heavy atom. The van der Waals surface area contributed by atoms with Gasteiger partial charge >= 0.3 is 0 Å². The number of ether oxygens (including phenoxy) is 1. The van der Waals surface area contributed by atoms with Crippen LogP contribution in [0.4, 0.5) is 0 Å². The molecule has 0 unspecified atom stereocenters. The summed E-state index contributed by atoms with van der Waals surface area (Å²) < 4.78 is 6.56. The number of benzene rings is 1. The Labute approximate surface area is 156 Å². The van der Waals surface area contributed by atoms with Crippen LogP contribution >= 0.6 is 46.9 Å². The first-order chi connectivity index (χ1) is 10.1. The summed E-state index contributed by atoms with van der Waals surface area (Å²) in [6.45, 7) is 5.80. The number of nitrogens with two attached hydrogens (primary N) is 1. The van der Waals surface area contributed by atoms with Crippen LogP contribution in [0.1, 0.15) is 10.4 Å². The quantitative estimate of drug-likeness (QED) is 0.431. The molecule has 1 saturated heterocycles.